The zero-order valence-electron chi connectivity index (χ0n) is 10.4. The van der Waals surface area contributed by atoms with Crippen molar-refractivity contribution in [3.05, 3.63) is 28.1 Å². The van der Waals surface area contributed by atoms with Crippen LogP contribution in [0.5, 0.6) is 0 Å². The fraction of sp³-hybridized carbons (Fsp3) is 0.364. The fourth-order valence-electron chi connectivity index (χ4n) is 1.40. The molecule has 6 nitrogen and oxygen atoms in total. The van der Waals surface area contributed by atoms with Gasteiger partial charge in [-0.1, -0.05) is 16.9 Å². The molecule has 1 N–H and O–H groups in total. The highest BCUT2D eigenvalue weighted by Gasteiger charge is 2.14. The summed E-state index contributed by atoms with van der Waals surface area (Å²) in [4.78, 5) is 15.4. The molecule has 0 bridgehead atoms. The van der Waals surface area contributed by atoms with Crippen LogP contribution >= 0.6 is 23.1 Å². The maximum Gasteiger partial charge on any atom is 0.347 e. The van der Waals surface area contributed by atoms with Crippen molar-refractivity contribution < 1.29 is 19.2 Å². The van der Waals surface area contributed by atoms with E-state index < -0.39 is 5.97 Å². The lowest BCUT2D eigenvalue weighted by atomic mass is 10.4. The van der Waals surface area contributed by atoms with Crippen molar-refractivity contribution in [3.63, 3.8) is 0 Å². The molecule has 19 heavy (non-hydrogen) atoms. The lowest BCUT2D eigenvalue weighted by molar-refractivity contribution is 0.0701. The van der Waals surface area contributed by atoms with Crippen LogP contribution in [-0.2, 0) is 17.1 Å². The number of methoxy groups -OCH3 is 1. The summed E-state index contributed by atoms with van der Waals surface area (Å²) in [6.07, 6.45) is 0. The van der Waals surface area contributed by atoms with E-state index in [9.17, 15) is 4.79 Å². The van der Waals surface area contributed by atoms with Gasteiger partial charge in [-0.2, -0.15) is 0 Å². The maximum absolute atomic E-state index is 10.9. The van der Waals surface area contributed by atoms with Gasteiger partial charge in [-0.25, -0.2) is 9.78 Å². The van der Waals surface area contributed by atoms with Gasteiger partial charge in [0, 0.05) is 18.9 Å². The fourth-order valence-corrected chi connectivity index (χ4v) is 3.31. The Morgan fingerprint density at radius 2 is 2.42 bits per heavy atom. The molecule has 0 amide bonds. The average molecular weight is 300 g/mol. The Kier molecular flexibility index (Phi) is 4.56. The first-order valence-electron chi connectivity index (χ1n) is 5.37. The van der Waals surface area contributed by atoms with Crippen LogP contribution in [0.4, 0.5) is 0 Å². The monoisotopic (exact) mass is 300 g/mol. The van der Waals surface area contributed by atoms with Crippen LogP contribution in [0.15, 0.2) is 14.9 Å². The Bertz CT molecular complexity index is 579. The van der Waals surface area contributed by atoms with E-state index in [2.05, 4.69) is 10.1 Å². The van der Waals surface area contributed by atoms with Crippen molar-refractivity contribution in [3.8, 4) is 0 Å². The van der Waals surface area contributed by atoms with Crippen molar-refractivity contribution in [2.45, 2.75) is 23.6 Å². The highest BCUT2D eigenvalue weighted by Crippen LogP contribution is 2.29. The van der Waals surface area contributed by atoms with E-state index in [1.807, 2.05) is 6.07 Å². The third kappa shape index (κ3) is 3.55. The highest BCUT2D eigenvalue weighted by atomic mass is 32.2. The normalized spacial score (nSPS) is 10.8. The molecule has 2 aromatic heterocycles. The number of carbonyl (C=O) groups is 1. The largest absolute Gasteiger partial charge is 0.477 e. The molecule has 2 rings (SSSR count). The predicted molar refractivity (Wildman–Crippen MR) is 70.6 cm³/mol. The Morgan fingerprint density at radius 1 is 1.63 bits per heavy atom. The molecule has 0 radical (unpaired) electrons. The van der Waals surface area contributed by atoms with Gasteiger partial charge < -0.3 is 14.4 Å². The zero-order chi connectivity index (χ0) is 13.8. The number of ether oxygens (including phenoxy) is 1. The number of carboxylic acid groups (broad SMARTS) is 1. The molecule has 0 aromatic carbocycles. The summed E-state index contributed by atoms with van der Waals surface area (Å²) in [6, 6.07) is 1.81. The van der Waals surface area contributed by atoms with Gasteiger partial charge in [-0.05, 0) is 6.92 Å². The first kappa shape index (κ1) is 14.0. The van der Waals surface area contributed by atoms with Crippen LogP contribution < -0.4 is 0 Å². The Hall–Kier alpha value is -1.38. The lowest BCUT2D eigenvalue weighted by Gasteiger charge is -1.91. The third-order valence-electron chi connectivity index (χ3n) is 2.21. The summed E-state index contributed by atoms with van der Waals surface area (Å²) >= 11 is 2.61. The van der Waals surface area contributed by atoms with E-state index in [1.165, 1.54) is 23.1 Å². The van der Waals surface area contributed by atoms with Gasteiger partial charge in [0.05, 0.1) is 11.4 Å². The van der Waals surface area contributed by atoms with E-state index in [0.29, 0.717) is 28.2 Å². The van der Waals surface area contributed by atoms with E-state index in [-0.39, 0.29) is 4.88 Å². The van der Waals surface area contributed by atoms with Gasteiger partial charge in [0.1, 0.15) is 11.5 Å². The van der Waals surface area contributed by atoms with Crippen molar-refractivity contribution in [2.75, 3.05) is 7.11 Å². The SMILES string of the molecule is COCc1cc(CSc2nc(C)c(C(=O)O)s2)no1. The summed E-state index contributed by atoms with van der Waals surface area (Å²) in [6.45, 7) is 2.08. The standard InChI is InChI=1S/C11H12N2O4S2/c1-6-9(10(14)15)19-11(12-6)18-5-7-3-8(4-16-2)17-13-7/h3H,4-5H2,1-2H3,(H,14,15). The quantitative estimate of drug-likeness (QED) is 0.820. The minimum atomic E-state index is -0.939. The first-order valence-corrected chi connectivity index (χ1v) is 7.17. The molecule has 0 aliphatic heterocycles. The van der Waals surface area contributed by atoms with Crippen LogP contribution in [0.25, 0.3) is 0 Å². The molecule has 0 aliphatic rings. The van der Waals surface area contributed by atoms with Gasteiger partial charge >= 0.3 is 5.97 Å². The zero-order valence-corrected chi connectivity index (χ0v) is 12.0. The molecular weight excluding hydrogens is 288 g/mol. The Balaban J connectivity index is 1.98. The second-order valence-corrected chi connectivity index (χ2v) is 5.93. The van der Waals surface area contributed by atoms with Crippen LogP contribution in [0.3, 0.4) is 0 Å². The summed E-state index contributed by atoms with van der Waals surface area (Å²) in [5.74, 6) is 0.310. The van der Waals surface area contributed by atoms with Crippen molar-refractivity contribution in [2.24, 2.45) is 0 Å². The van der Waals surface area contributed by atoms with Gasteiger partial charge in [0.15, 0.2) is 10.1 Å². The molecule has 0 unspecified atom stereocenters. The van der Waals surface area contributed by atoms with E-state index in [4.69, 9.17) is 14.4 Å². The van der Waals surface area contributed by atoms with E-state index in [1.54, 1.807) is 14.0 Å². The van der Waals surface area contributed by atoms with Crippen LogP contribution in [0.1, 0.15) is 26.8 Å². The number of nitrogens with zero attached hydrogens (tertiary/aromatic N) is 2. The molecule has 2 aromatic rings. The number of aromatic nitrogens is 2. The van der Waals surface area contributed by atoms with Crippen molar-refractivity contribution >= 4 is 29.1 Å². The molecule has 0 aliphatic carbocycles. The van der Waals surface area contributed by atoms with Crippen LogP contribution in [0.2, 0.25) is 0 Å². The summed E-state index contributed by atoms with van der Waals surface area (Å²) in [5.41, 5.74) is 1.32. The molecule has 0 saturated carbocycles. The smallest absolute Gasteiger partial charge is 0.347 e. The molecule has 0 spiro atoms. The van der Waals surface area contributed by atoms with Crippen LogP contribution in [-0.4, -0.2) is 28.3 Å². The lowest BCUT2D eigenvalue weighted by Crippen LogP contribution is -1.94. The number of hydrogen-bond donors (Lipinski definition) is 1. The molecule has 0 atom stereocenters. The first-order chi connectivity index (χ1) is 9.10. The van der Waals surface area contributed by atoms with Crippen LogP contribution in [0, 0.1) is 6.92 Å². The highest BCUT2D eigenvalue weighted by molar-refractivity contribution is 8.00. The number of thioether (sulfide) groups is 1. The van der Waals surface area contributed by atoms with Crippen molar-refractivity contribution in [1.82, 2.24) is 10.1 Å². The molecule has 2 heterocycles. The Morgan fingerprint density at radius 3 is 3.05 bits per heavy atom. The molecular formula is C11H12N2O4S2. The molecule has 102 valence electrons. The number of thiazole rings is 1. The van der Waals surface area contributed by atoms with Gasteiger partial charge in [-0.3, -0.25) is 0 Å². The number of aryl methyl sites for hydroxylation is 1. The average Bonchev–Trinajstić information content (AvgIpc) is 2.94. The number of rotatable bonds is 6. The number of aromatic carboxylic acids is 1. The van der Waals surface area contributed by atoms with Gasteiger partial charge in [0.2, 0.25) is 0 Å². The summed E-state index contributed by atoms with van der Waals surface area (Å²) < 4.78 is 10.7. The number of hydrogen-bond acceptors (Lipinski definition) is 7. The minimum absolute atomic E-state index is 0.280. The predicted octanol–water partition coefficient (Wildman–Crippen LogP) is 2.58. The van der Waals surface area contributed by atoms with Crippen molar-refractivity contribution in [1.29, 1.82) is 0 Å². The minimum Gasteiger partial charge on any atom is -0.477 e. The molecule has 0 fully saturated rings. The topological polar surface area (TPSA) is 85.5 Å². The van der Waals surface area contributed by atoms with E-state index in [0.717, 1.165) is 5.69 Å². The summed E-state index contributed by atoms with van der Waals surface area (Å²) in [5, 5.41) is 12.8. The van der Waals surface area contributed by atoms with E-state index >= 15 is 0 Å². The Labute approximate surface area is 117 Å². The molecule has 0 saturated heterocycles. The molecule has 8 heteroatoms. The third-order valence-corrected chi connectivity index (χ3v) is 4.53. The second kappa shape index (κ2) is 6.18. The second-order valence-electron chi connectivity index (χ2n) is 3.71. The summed E-state index contributed by atoms with van der Waals surface area (Å²) in [7, 11) is 1.59. The van der Waals surface area contributed by atoms with Gasteiger partial charge in [-0.15, -0.1) is 11.3 Å². The van der Waals surface area contributed by atoms with Gasteiger partial charge in [0.25, 0.3) is 0 Å². The number of carboxylic acids is 1. The maximum atomic E-state index is 10.9.